The van der Waals surface area contributed by atoms with Gasteiger partial charge in [-0.2, -0.15) is 5.26 Å². The van der Waals surface area contributed by atoms with Gasteiger partial charge in [-0.1, -0.05) is 0 Å². The summed E-state index contributed by atoms with van der Waals surface area (Å²) in [5.74, 6) is 0. The predicted octanol–water partition coefficient (Wildman–Crippen LogP) is 0.787. The highest BCUT2D eigenvalue weighted by atomic mass is 15.0. The van der Waals surface area contributed by atoms with E-state index in [-0.39, 0.29) is 0 Å². The van der Waals surface area contributed by atoms with Crippen molar-refractivity contribution in [3.05, 3.63) is 17.5 Å². The van der Waals surface area contributed by atoms with Crippen LogP contribution in [0.3, 0.4) is 0 Å². The molecule has 0 radical (unpaired) electrons. The van der Waals surface area contributed by atoms with Crippen molar-refractivity contribution in [2.75, 3.05) is 5.73 Å². The minimum atomic E-state index is 0.606. The second-order valence-electron chi connectivity index (χ2n) is 2.24. The molecule has 1 aromatic heterocycles. The van der Waals surface area contributed by atoms with Crippen molar-refractivity contribution in [3.8, 4) is 6.07 Å². The number of nitrogens with zero attached hydrogens (tertiary/aromatic N) is 2. The number of hydrogen-bond donors (Lipinski definition) is 1. The molecule has 10 heavy (non-hydrogen) atoms. The van der Waals surface area contributed by atoms with E-state index in [1.54, 1.807) is 10.6 Å². The van der Waals surface area contributed by atoms with Crippen LogP contribution < -0.4 is 5.73 Å². The van der Waals surface area contributed by atoms with Crippen LogP contribution in [0.1, 0.15) is 11.4 Å². The van der Waals surface area contributed by atoms with Gasteiger partial charge >= 0.3 is 0 Å². The molecule has 1 aromatic rings. The Morgan fingerprint density at radius 1 is 1.70 bits per heavy atom. The van der Waals surface area contributed by atoms with Crippen molar-refractivity contribution in [2.24, 2.45) is 7.05 Å². The molecule has 3 heteroatoms. The minimum absolute atomic E-state index is 0.606. The molecule has 0 saturated carbocycles. The summed E-state index contributed by atoms with van der Waals surface area (Å²) in [6.07, 6.45) is 0. The Hall–Kier alpha value is -1.43. The third kappa shape index (κ3) is 0.742. The molecule has 0 fully saturated rings. The van der Waals surface area contributed by atoms with Gasteiger partial charge in [-0.25, -0.2) is 0 Å². The number of aromatic nitrogens is 1. The van der Waals surface area contributed by atoms with Gasteiger partial charge in [0.05, 0.1) is 5.69 Å². The standard InChI is InChI=1S/C7H9N3/c1-5-7(9)3-6(4-8)10(5)2/h3H,9H2,1-2H3. The third-order valence-electron chi connectivity index (χ3n) is 1.69. The molecule has 1 heterocycles. The predicted molar refractivity (Wildman–Crippen MR) is 39.3 cm³/mol. The number of nitrogens with two attached hydrogens (primary N) is 1. The van der Waals surface area contributed by atoms with Crippen molar-refractivity contribution < 1.29 is 0 Å². The van der Waals surface area contributed by atoms with Crippen molar-refractivity contribution in [3.63, 3.8) is 0 Å². The van der Waals surface area contributed by atoms with E-state index in [9.17, 15) is 0 Å². The van der Waals surface area contributed by atoms with Gasteiger partial charge in [-0.05, 0) is 13.0 Å². The molecular weight excluding hydrogens is 126 g/mol. The molecule has 52 valence electrons. The Bertz CT molecular complexity index is 291. The number of nitrogen functional groups attached to an aromatic ring is 1. The summed E-state index contributed by atoms with van der Waals surface area (Å²) in [5.41, 5.74) is 7.77. The van der Waals surface area contributed by atoms with Gasteiger partial charge in [-0.3, -0.25) is 0 Å². The topological polar surface area (TPSA) is 54.7 Å². The van der Waals surface area contributed by atoms with E-state index >= 15 is 0 Å². The van der Waals surface area contributed by atoms with E-state index in [1.165, 1.54) is 0 Å². The highest BCUT2D eigenvalue weighted by Gasteiger charge is 2.03. The Kier molecular flexibility index (Phi) is 1.38. The molecule has 0 spiro atoms. The smallest absolute Gasteiger partial charge is 0.122 e. The zero-order valence-electron chi connectivity index (χ0n) is 6.05. The van der Waals surface area contributed by atoms with Crippen LogP contribution in [0, 0.1) is 18.3 Å². The van der Waals surface area contributed by atoms with Gasteiger partial charge in [0, 0.05) is 12.7 Å². The van der Waals surface area contributed by atoms with Crippen LogP contribution in [0.5, 0.6) is 0 Å². The molecule has 0 bridgehead atoms. The number of rotatable bonds is 0. The molecule has 0 amide bonds. The summed E-state index contributed by atoms with van der Waals surface area (Å²) in [4.78, 5) is 0. The second-order valence-corrected chi connectivity index (χ2v) is 2.24. The summed E-state index contributed by atoms with van der Waals surface area (Å²) < 4.78 is 1.77. The number of hydrogen-bond acceptors (Lipinski definition) is 2. The summed E-state index contributed by atoms with van der Waals surface area (Å²) in [6, 6.07) is 3.72. The largest absolute Gasteiger partial charge is 0.397 e. The van der Waals surface area contributed by atoms with Gasteiger partial charge in [0.1, 0.15) is 11.8 Å². The van der Waals surface area contributed by atoms with E-state index in [0.717, 1.165) is 5.69 Å². The summed E-state index contributed by atoms with van der Waals surface area (Å²) in [5, 5.41) is 8.53. The fourth-order valence-corrected chi connectivity index (χ4v) is 0.830. The lowest BCUT2D eigenvalue weighted by Crippen LogP contribution is -1.94. The molecule has 0 aromatic carbocycles. The summed E-state index contributed by atoms with van der Waals surface area (Å²) in [6.45, 7) is 1.89. The van der Waals surface area contributed by atoms with Gasteiger partial charge in [0.15, 0.2) is 0 Å². The maximum Gasteiger partial charge on any atom is 0.122 e. The van der Waals surface area contributed by atoms with E-state index < -0.39 is 0 Å². The lowest BCUT2D eigenvalue weighted by molar-refractivity contribution is 0.867. The Labute approximate surface area is 59.7 Å². The summed E-state index contributed by atoms with van der Waals surface area (Å²) >= 11 is 0. The first-order valence-corrected chi connectivity index (χ1v) is 2.98. The van der Waals surface area contributed by atoms with Crippen LogP contribution in [0.4, 0.5) is 5.69 Å². The lowest BCUT2D eigenvalue weighted by Gasteiger charge is -1.95. The fourth-order valence-electron chi connectivity index (χ4n) is 0.830. The van der Waals surface area contributed by atoms with Crippen LogP contribution in [0.15, 0.2) is 6.07 Å². The molecule has 1 rings (SSSR count). The molecular formula is C7H9N3. The highest BCUT2D eigenvalue weighted by Crippen LogP contribution is 2.13. The molecule has 2 N–H and O–H groups in total. The first-order chi connectivity index (χ1) is 4.66. The molecule has 0 unspecified atom stereocenters. The normalized spacial score (nSPS) is 9.30. The lowest BCUT2D eigenvalue weighted by atomic mass is 10.4. The number of nitriles is 1. The Morgan fingerprint density at radius 3 is 2.50 bits per heavy atom. The van der Waals surface area contributed by atoms with E-state index in [1.807, 2.05) is 20.0 Å². The first-order valence-electron chi connectivity index (χ1n) is 2.98. The Balaban J connectivity index is 3.34. The SMILES string of the molecule is Cc1c(N)cc(C#N)n1C. The molecule has 3 nitrogen and oxygen atoms in total. The molecule has 0 saturated heterocycles. The van der Waals surface area contributed by atoms with Crippen molar-refractivity contribution >= 4 is 5.69 Å². The Morgan fingerprint density at radius 2 is 2.30 bits per heavy atom. The van der Waals surface area contributed by atoms with Crippen LogP contribution in [-0.2, 0) is 7.05 Å². The van der Waals surface area contributed by atoms with Crippen molar-refractivity contribution in [2.45, 2.75) is 6.92 Å². The maximum absolute atomic E-state index is 8.53. The van der Waals surface area contributed by atoms with Crippen molar-refractivity contribution in [1.29, 1.82) is 5.26 Å². The molecule has 0 aliphatic heterocycles. The zero-order valence-corrected chi connectivity index (χ0v) is 6.05. The minimum Gasteiger partial charge on any atom is -0.397 e. The van der Waals surface area contributed by atoms with Crippen LogP contribution in [0.2, 0.25) is 0 Å². The fraction of sp³-hybridized carbons (Fsp3) is 0.286. The van der Waals surface area contributed by atoms with E-state index in [4.69, 9.17) is 11.0 Å². The van der Waals surface area contributed by atoms with E-state index in [2.05, 4.69) is 0 Å². The average Bonchev–Trinajstić information content (AvgIpc) is 2.17. The van der Waals surface area contributed by atoms with Gasteiger partial charge < -0.3 is 10.3 Å². The van der Waals surface area contributed by atoms with Gasteiger partial charge in [-0.15, -0.1) is 0 Å². The van der Waals surface area contributed by atoms with Crippen molar-refractivity contribution in [1.82, 2.24) is 4.57 Å². The molecule has 0 aliphatic rings. The quantitative estimate of drug-likeness (QED) is 0.571. The van der Waals surface area contributed by atoms with Gasteiger partial charge in [0.2, 0.25) is 0 Å². The monoisotopic (exact) mass is 135 g/mol. The van der Waals surface area contributed by atoms with Crippen LogP contribution >= 0.6 is 0 Å². The summed E-state index contributed by atoms with van der Waals surface area (Å²) in [7, 11) is 1.82. The average molecular weight is 135 g/mol. The highest BCUT2D eigenvalue weighted by molar-refractivity contribution is 5.49. The zero-order chi connectivity index (χ0) is 7.72. The van der Waals surface area contributed by atoms with Crippen LogP contribution in [-0.4, -0.2) is 4.57 Å². The second kappa shape index (κ2) is 2.07. The third-order valence-corrected chi connectivity index (χ3v) is 1.69. The molecule has 0 aliphatic carbocycles. The number of anilines is 1. The van der Waals surface area contributed by atoms with Crippen LogP contribution in [0.25, 0.3) is 0 Å². The van der Waals surface area contributed by atoms with Gasteiger partial charge in [0.25, 0.3) is 0 Å². The first kappa shape index (κ1) is 6.69. The molecule has 0 atom stereocenters. The maximum atomic E-state index is 8.53. The van der Waals surface area contributed by atoms with E-state index in [0.29, 0.717) is 11.4 Å².